The van der Waals surface area contributed by atoms with Crippen molar-refractivity contribution in [1.82, 2.24) is 0 Å². The monoisotopic (exact) mass is 655 g/mol. The summed E-state index contributed by atoms with van der Waals surface area (Å²) in [5.41, 5.74) is 12.0. The molecule has 4 fully saturated rings. The van der Waals surface area contributed by atoms with Gasteiger partial charge in [0.2, 0.25) is 0 Å². The molecule has 6 aliphatic carbocycles. The number of hydrogen-bond donors (Lipinski definition) is 0. The van der Waals surface area contributed by atoms with Gasteiger partial charge in [-0.2, -0.15) is 0 Å². The molecule has 0 amide bonds. The Hall–Kier alpha value is -4.04. The summed E-state index contributed by atoms with van der Waals surface area (Å²) in [7, 11) is 0. The van der Waals surface area contributed by atoms with Crippen LogP contribution in [0.5, 0.6) is 5.75 Å². The number of rotatable bonds is 4. The predicted molar refractivity (Wildman–Crippen MR) is 205 cm³/mol. The fraction of sp³-hybridized carbons (Fsp3) is 0.417. The maximum Gasteiger partial charge on any atom is 0.126 e. The highest BCUT2D eigenvalue weighted by Gasteiger charge is 2.85. The third-order valence-electron chi connectivity index (χ3n) is 15.4. The Labute approximate surface area is 298 Å². The van der Waals surface area contributed by atoms with Crippen molar-refractivity contribution in [3.05, 3.63) is 132 Å². The molecule has 50 heavy (non-hydrogen) atoms. The lowest BCUT2D eigenvalue weighted by atomic mass is 9.24. The molecule has 8 atom stereocenters. The fourth-order valence-electron chi connectivity index (χ4n) is 13.5. The van der Waals surface area contributed by atoms with E-state index >= 15 is 0 Å². The van der Waals surface area contributed by atoms with Crippen LogP contribution in [0.2, 0.25) is 0 Å². The van der Waals surface area contributed by atoms with Gasteiger partial charge in [-0.3, -0.25) is 0 Å². The topological polar surface area (TPSA) is 12.5 Å². The molecule has 0 aromatic heterocycles. The zero-order chi connectivity index (χ0) is 33.6. The number of ether oxygens (including phenoxy) is 1. The second-order valence-electron chi connectivity index (χ2n) is 18.4. The summed E-state index contributed by atoms with van der Waals surface area (Å²) in [5, 5.41) is 0. The molecule has 2 nitrogen and oxygen atoms in total. The summed E-state index contributed by atoms with van der Waals surface area (Å²) >= 11 is 0. The molecule has 4 saturated carbocycles. The summed E-state index contributed by atoms with van der Waals surface area (Å²) in [6, 6.07) is 34.6. The maximum absolute atomic E-state index is 7.02. The standard InChI is InChI=1S/C48H49NO/c1-45(2)24-25-46(3,4)43-35(14-10-16-37(43)45)31-20-22-34(23-21-31)49(33-12-6-5-7-13-33)38-17-11-19-40-44(38)48(36-15-8-9-18-39(36)50-40)41-27-30-26-32-28-42(48)47(32,41)29-30/h5-23,30,32,36,39,41-42H,24-29H2,1-4H3. The molecule has 2 bridgehead atoms. The van der Waals surface area contributed by atoms with Crippen LogP contribution in [0.15, 0.2) is 115 Å². The van der Waals surface area contributed by atoms with Gasteiger partial charge in [-0.1, -0.05) is 101 Å². The van der Waals surface area contributed by atoms with Crippen molar-refractivity contribution >= 4 is 17.1 Å². The largest absolute Gasteiger partial charge is 0.485 e. The van der Waals surface area contributed by atoms with Crippen LogP contribution in [-0.2, 0) is 16.2 Å². The molecule has 0 radical (unpaired) electrons. The Bertz CT molecular complexity index is 2100. The average molecular weight is 656 g/mol. The van der Waals surface area contributed by atoms with Gasteiger partial charge in [-0.25, -0.2) is 0 Å². The van der Waals surface area contributed by atoms with E-state index in [2.05, 4.69) is 148 Å². The third-order valence-corrected chi connectivity index (χ3v) is 15.4. The summed E-state index contributed by atoms with van der Waals surface area (Å²) in [6.07, 6.45) is 17.7. The first-order valence-corrected chi connectivity index (χ1v) is 19.5. The van der Waals surface area contributed by atoms with Crippen LogP contribution in [0.4, 0.5) is 17.1 Å². The minimum atomic E-state index is 0.119. The normalized spacial score (nSPS) is 35.2. The molecule has 1 heterocycles. The van der Waals surface area contributed by atoms with Crippen LogP contribution in [0.25, 0.3) is 11.1 Å². The Balaban J connectivity index is 1.08. The summed E-state index contributed by atoms with van der Waals surface area (Å²) in [6.45, 7) is 9.74. The lowest BCUT2D eigenvalue weighted by Crippen LogP contribution is -2.78. The third kappa shape index (κ3) is 3.56. The Morgan fingerprint density at radius 2 is 1.40 bits per heavy atom. The molecule has 252 valence electrons. The van der Waals surface area contributed by atoms with Gasteiger partial charge in [-0.05, 0) is 143 Å². The van der Waals surface area contributed by atoms with Crippen LogP contribution in [-0.4, -0.2) is 6.10 Å². The molecule has 11 rings (SSSR count). The van der Waals surface area contributed by atoms with Gasteiger partial charge in [-0.15, -0.1) is 0 Å². The Morgan fingerprint density at radius 3 is 2.22 bits per heavy atom. The first kappa shape index (κ1) is 29.7. The molecule has 8 unspecified atom stereocenters. The number of hydrogen-bond acceptors (Lipinski definition) is 2. The number of allylic oxidation sites excluding steroid dienone is 2. The molecule has 0 N–H and O–H groups in total. The van der Waals surface area contributed by atoms with Crippen molar-refractivity contribution in [1.29, 1.82) is 0 Å². The second kappa shape index (κ2) is 9.84. The minimum absolute atomic E-state index is 0.119. The summed E-state index contributed by atoms with van der Waals surface area (Å²) in [5.74, 6) is 4.89. The Kier molecular flexibility index (Phi) is 5.84. The molecule has 2 heteroatoms. The molecule has 1 aliphatic heterocycles. The average Bonchev–Trinajstić information content (AvgIpc) is 3.66. The number of fused-ring (bicyclic) bond motifs is 8. The van der Waals surface area contributed by atoms with Crippen molar-refractivity contribution in [2.24, 2.45) is 35.0 Å². The molecular weight excluding hydrogens is 607 g/mol. The van der Waals surface area contributed by atoms with Gasteiger partial charge < -0.3 is 9.64 Å². The van der Waals surface area contributed by atoms with E-state index in [-0.39, 0.29) is 22.3 Å². The molecular formula is C48H49NO. The van der Waals surface area contributed by atoms with Crippen molar-refractivity contribution < 1.29 is 4.74 Å². The van der Waals surface area contributed by atoms with E-state index in [1.165, 1.54) is 83.4 Å². The van der Waals surface area contributed by atoms with E-state index < -0.39 is 0 Å². The van der Waals surface area contributed by atoms with Crippen molar-refractivity contribution in [2.45, 2.75) is 88.6 Å². The van der Waals surface area contributed by atoms with Crippen LogP contribution in [0.1, 0.15) is 82.9 Å². The quantitative estimate of drug-likeness (QED) is 0.217. The second-order valence-corrected chi connectivity index (χ2v) is 18.4. The molecule has 4 aromatic rings. The van der Waals surface area contributed by atoms with E-state index in [0.717, 1.165) is 29.4 Å². The first-order chi connectivity index (χ1) is 24.2. The van der Waals surface area contributed by atoms with E-state index in [1.54, 1.807) is 0 Å². The van der Waals surface area contributed by atoms with Gasteiger partial charge in [0, 0.05) is 28.3 Å². The van der Waals surface area contributed by atoms with Gasteiger partial charge in [0.25, 0.3) is 0 Å². The van der Waals surface area contributed by atoms with Crippen molar-refractivity contribution in [3.63, 3.8) is 0 Å². The number of para-hydroxylation sites is 1. The van der Waals surface area contributed by atoms with Crippen LogP contribution in [0, 0.1) is 35.0 Å². The zero-order valence-corrected chi connectivity index (χ0v) is 30.0. The lowest BCUT2D eigenvalue weighted by Gasteiger charge is -2.79. The number of anilines is 3. The highest BCUT2D eigenvalue weighted by molar-refractivity contribution is 5.83. The molecule has 7 aliphatic rings. The SMILES string of the molecule is CC1(C)CCC(C)(C)c2c(-c3ccc(N(c4ccccc4)c4cccc5c4C4(C6C=CC=CC6O5)C5CC6CC7CC4C75C6)cc3)cccc21. The van der Waals surface area contributed by atoms with Crippen LogP contribution in [0.3, 0.4) is 0 Å². The zero-order valence-electron chi connectivity index (χ0n) is 30.0. The summed E-state index contributed by atoms with van der Waals surface area (Å²) in [4.78, 5) is 2.55. The van der Waals surface area contributed by atoms with Gasteiger partial charge >= 0.3 is 0 Å². The maximum atomic E-state index is 7.02. The fourth-order valence-corrected chi connectivity index (χ4v) is 13.5. The number of benzene rings is 4. The Morgan fingerprint density at radius 1 is 0.660 bits per heavy atom. The van der Waals surface area contributed by atoms with Gasteiger partial charge in [0.1, 0.15) is 11.9 Å². The van der Waals surface area contributed by atoms with E-state index in [1.807, 2.05) is 0 Å². The smallest absolute Gasteiger partial charge is 0.126 e. The van der Waals surface area contributed by atoms with E-state index in [0.29, 0.717) is 11.3 Å². The predicted octanol–water partition coefficient (Wildman–Crippen LogP) is 12.0. The van der Waals surface area contributed by atoms with E-state index in [4.69, 9.17) is 4.74 Å². The highest BCUT2D eigenvalue weighted by atomic mass is 16.5. The minimum Gasteiger partial charge on any atom is -0.485 e. The number of nitrogens with zero attached hydrogens (tertiary/aromatic N) is 1. The molecule has 4 aromatic carbocycles. The van der Waals surface area contributed by atoms with Crippen molar-refractivity contribution in [2.75, 3.05) is 4.90 Å². The first-order valence-electron chi connectivity index (χ1n) is 19.5. The lowest BCUT2D eigenvalue weighted by molar-refractivity contribution is -0.271. The molecule has 2 spiro atoms. The van der Waals surface area contributed by atoms with Crippen LogP contribution >= 0.6 is 0 Å². The summed E-state index contributed by atoms with van der Waals surface area (Å²) < 4.78 is 7.02. The van der Waals surface area contributed by atoms with Crippen LogP contribution < -0.4 is 9.64 Å². The van der Waals surface area contributed by atoms with Crippen molar-refractivity contribution in [3.8, 4) is 16.9 Å². The highest BCUT2D eigenvalue weighted by Crippen LogP contribution is 2.90. The van der Waals surface area contributed by atoms with Gasteiger partial charge in [0.05, 0.1) is 5.69 Å². The van der Waals surface area contributed by atoms with Gasteiger partial charge in [0.15, 0.2) is 0 Å². The van der Waals surface area contributed by atoms with E-state index in [9.17, 15) is 0 Å². The molecule has 0 saturated heterocycles.